The summed E-state index contributed by atoms with van der Waals surface area (Å²) in [7, 11) is -1.95. The molecule has 27 heavy (non-hydrogen) atoms. The topological polar surface area (TPSA) is 75.6 Å². The molecule has 9 heteroatoms. The van der Waals surface area contributed by atoms with E-state index in [4.69, 9.17) is 4.74 Å². The van der Waals surface area contributed by atoms with Gasteiger partial charge in [0.15, 0.2) is 0 Å². The minimum absolute atomic E-state index is 0.0929. The third-order valence-electron chi connectivity index (χ3n) is 4.51. The first-order valence-corrected chi connectivity index (χ1v) is 11.2. The van der Waals surface area contributed by atoms with E-state index >= 15 is 0 Å². The Morgan fingerprint density at radius 3 is 2.37 bits per heavy atom. The van der Waals surface area contributed by atoms with Gasteiger partial charge in [0.1, 0.15) is 11.6 Å². The first-order chi connectivity index (χ1) is 12.7. The van der Waals surface area contributed by atoms with Gasteiger partial charge in [-0.15, -0.1) is 0 Å². The van der Waals surface area contributed by atoms with Crippen molar-refractivity contribution in [2.75, 3.05) is 38.2 Å². The van der Waals surface area contributed by atoms with Gasteiger partial charge in [0, 0.05) is 43.1 Å². The highest BCUT2D eigenvalue weighted by Crippen LogP contribution is 2.27. The molecule has 1 aliphatic heterocycles. The van der Waals surface area contributed by atoms with Gasteiger partial charge in [-0.3, -0.25) is 0 Å². The zero-order chi connectivity index (χ0) is 19.7. The molecule has 0 N–H and O–H groups in total. The number of hydrogen-bond acceptors (Lipinski definition) is 7. The Labute approximate surface area is 165 Å². The maximum Gasteiger partial charge on any atom is 0.243 e. The molecule has 0 spiro atoms. The highest BCUT2D eigenvalue weighted by atomic mass is 32.2. The number of methoxy groups -OCH3 is 1. The molecular formula is C18H26N4O3S2. The van der Waals surface area contributed by atoms with E-state index in [1.165, 1.54) is 11.5 Å². The quantitative estimate of drug-likeness (QED) is 0.771. The van der Waals surface area contributed by atoms with Crippen molar-refractivity contribution in [3.8, 4) is 5.75 Å². The van der Waals surface area contributed by atoms with E-state index in [0.29, 0.717) is 30.3 Å². The fourth-order valence-electron chi connectivity index (χ4n) is 2.87. The molecule has 0 atom stereocenters. The average molecular weight is 411 g/mol. The van der Waals surface area contributed by atoms with Crippen LogP contribution in [-0.2, 0) is 15.4 Å². The lowest BCUT2D eigenvalue weighted by Crippen LogP contribution is -2.35. The largest absolute Gasteiger partial charge is 0.497 e. The lowest BCUT2D eigenvalue weighted by Gasteiger charge is -2.21. The number of ether oxygens (including phenoxy) is 1. The molecule has 0 radical (unpaired) electrons. The molecule has 0 bridgehead atoms. The summed E-state index contributed by atoms with van der Waals surface area (Å²) in [5, 5.41) is 0.864. The van der Waals surface area contributed by atoms with Gasteiger partial charge in [-0.05, 0) is 30.7 Å². The Balaban J connectivity index is 1.73. The van der Waals surface area contributed by atoms with Gasteiger partial charge in [0.05, 0.1) is 12.0 Å². The van der Waals surface area contributed by atoms with E-state index in [1.54, 1.807) is 35.7 Å². The second-order valence-electron chi connectivity index (χ2n) is 7.57. The molecule has 1 aromatic carbocycles. The molecule has 0 saturated carbocycles. The Kier molecular flexibility index (Phi) is 5.73. The number of benzene rings is 1. The molecule has 1 fully saturated rings. The lowest BCUT2D eigenvalue weighted by atomic mass is 9.96. The standard InChI is InChI=1S/C18H26N4O3S2/c1-18(2,3)16-19-17(26-20-16)21-10-5-11-22(13-12-21)27(23,24)15-8-6-14(25-4)7-9-15/h6-9H,5,10-13H2,1-4H3. The third kappa shape index (κ3) is 4.41. The molecule has 2 aromatic rings. The maximum atomic E-state index is 13.0. The smallest absolute Gasteiger partial charge is 0.243 e. The Hall–Kier alpha value is -1.71. The molecule has 1 aromatic heterocycles. The summed E-state index contributed by atoms with van der Waals surface area (Å²) in [5.74, 6) is 1.47. The first-order valence-electron chi connectivity index (χ1n) is 8.95. The highest BCUT2D eigenvalue weighted by molar-refractivity contribution is 7.89. The van der Waals surface area contributed by atoms with Gasteiger partial charge in [0.2, 0.25) is 15.2 Å². The number of hydrogen-bond donors (Lipinski definition) is 0. The number of aromatic nitrogens is 2. The second kappa shape index (κ2) is 7.73. The van der Waals surface area contributed by atoms with E-state index in [0.717, 1.165) is 23.9 Å². The number of nitrogens with zero attached hydrogens (tertiary/aromatic N) is 4. The number of rotatable bonds is 4. The lowest BCUT2D eigenvalue weighted by molar-refractivity contribution is 0.413. The SMILES string of the molecule is COc1ccc(S(=O)(=O)N2CCCN(c3nc(C(C)(C)C)ns3)CC2)cc1. The molecule has 148 valence electrons. The summed E-state index contributed by atoms with van der Waals surface area (Å²) in [6, 6.07) is 6.53. The van der Waals surface area contributed by atoms with E-state index in [-0.39, 0.29) is 5.41 Å². The second-order valence-corrected chi connectivity index (χ2v) is 10.2. The Morgan fingerprint density at radius 2 is 1.78 bits per heavy atom. The van der Waals surface area contributed by atoms with Crippen LogP contribution in [0.25, 0.3) is 0 Å². The zero-order valence-corrected chi connectivity index (χ0v) is 17.8. The van der Waals surface area contributed by atoms with Crippen LogP contribution >= 0.6 is 11.5 Å². The van der Waals surface area contributed by atoms with Gasteiger partial charge in [-0.2, -0.15) is 8.68 Å². The van der Waals surface area contributed by atoms with Crippen molar-refractivity contribution in [2.24, 2.45) is 0 Å². The molecule has 0 amide bonds. The van der Waals surface area contributed by atoms with Crippen molar-refractivity contribution in [3.05, 3.63) is 30.1 Å². The summed E-state index contributed by atoms with van der Waals surface area (Å²) in [4.78, 5) is 7.09. The van der Waals surface area contributed by atoms with E-state index in [9.17, 15) is 8.42 Å². The minimum atomic E-state index is -3.52. The Morgan fingerprint density at radius 1 is 1.07 bits per heavy atom. The monoisotopic (exact) mass is 410 g/mol. The first kappa shape index (κ1) is 20.0. The van der Waals surface area contributed by atoms with E-state index < -0.39 is 10.0 Å². The van der Waals surface area contributed by atoms with Crippen LogP contribution in [0.15, 0.2) is 29.2 Å². The minimum Gasteiger partial charge on any atom is -0.497 e. The van der Waals surface area contributed by atoms with Gasteiger partial charge >= 0.3 is 0 Å². The fourth-order valence-corrected chi connectivity index (χ4v) is 5.25. The van der Waals surface area contributed by atoms with Crippen molar-refractivity contribution in [2.45, 2.75) is 37.5 Å². The molecular weight excluding hydrogens is 384 g/mol. The summed E-state index contributed by atoms with van der Waals surface area (Å²) >= 11 is 1.38. The number of anilines is 1. The van der Waals surface area contributed by atoms with Crippen LogP contribution in [0.5, 0.6) is 5.75 Å². The molecule has 1 saturated heterocycles. The van der Waals surface area contributed by atoms with Crippen molar-refractivity contribution in [1.29, 1.82) is 0 Å². The average Bonchev–Trinajstić information content (AvgIpc) is 3.00. The number of sulfonamides is 1. The molecule has 2 heterocycles. The predicted molar refractivity (Wildman–Crippen MR) is 107 cm³/mol. The summed E-state index contributed by atoms with van der Waals surface area (Å²) in [6.07, 6.45) is 0.750. The van der Waals surface area contributed by atoms with Crippen LogP contribution in [0.4, 0.5) is 5.13 Å². The molecule has 0 unspecified atom stereocenters. The van der Waals surface area contributed by atoms with Gasteiger partial charge < -0.3 is 9.64 Å². The molecule has 7 nitrogen and oxygen atoms in total. The third-order valence-corrected chi connectivity index (χ3v) is 7.20. The maximum absolute atomic E-state index is 13.0. The molecule has 3 rings (SSSR count). The predicted octanol–water partition coefficient (Wildman–Crippen LogP) is 2.75. The molecule has 1 aliphatic rings. The van der Waals surface area contributed by atoms with Crippen LogP contribution in [0.3, 0.4) is 0 Å². The van der Waals surface area contributed by atoms with Crippen LogP contribution < -0.4 is 9.64 Å². The van der Waals surface area contributed by atoms with E-state index in [2.05, 4.69) is 35.0 Å². The van der Waals surface area contributed by atoms with Gasteiger partial charge in [-0.25, -0.2) is 13.4 Å². The summed E-state index contributed by atoms with van der Waals surface area (Å²) < 4.78 is 37.1. The van der Waals surface area contributed by atoms with Crippen LogP contribution in [0.1, 0.15) is 33.0 Å². The van der Waals surface area contributed by atoms with Gasteiger partial charge in [-0.1, -0.05) is 20.8 Å². The zero-order valence-electron chi connectivity index (χ0n) is 16.2. The van der Waals surface area contributed by atoms with Crippen LogP contribution in [0.2, 0.25) is 0 Å². The van der Waals surface area contributed by atoms with E-state index in [1.807, 2.05) is 0 Å². The van der Waals surface area contributed by atoms with Crippen LogP contribution in [-0.4, -0.2) is 55.4 Å². The normalized spacial score (nSPS) is 17.0. The van der Waals surface area contributed by atoms with Gasteiger partial charge in [0.25, 0.3) is 0 Å². The Bertz CT molecular complexity index is 873. The summed E-state index contributed by atoms with van der Waals surface area (Å²) in [5.41, 5.74) is -0.0929. The fraction of sp³-hybridized carbons (Fsp3) is 0.556. The summed E-state index contributed by atoms with van der Waals surface area (Å²) in [6.45, 7) is 8.56. The van der Waals surface area contributed by atoms with Crippen molar-refractivity contribution < 1.29 is 13.2 Å². The van der Waals surface area contributed by atoms with Crippen LogP contribution in [0, 0.1) is 0 Å². The molecule has 0 aliphatic carbocycles. The van der Waals surface area contributed by atoms with Crippen molar-refractivity contribution >= 4 is 26.7 Å². The van der Waals surface area contributed by atoms with Crippen molar-refractivity contribution in [1.82, 2.24) is 13.7 Å². The highest BCUT2D eigenvalue weighted by Gasteiger charge is 2.28. The van der Waals surface area contributed by atoms with Crippen molar-refractivity contribution in [3.63, 3.8) is 0 Å².